The molecule has 0 saturated heterocycles. The van der Waals surface area contributed by atoms with Gasteiger partial charge in [0.1, 0.15) is 0 Å². The third-order valence-electron chi connectivity index (χ3n) is 3.27. The van der Waals surface area contributed by atoms with Gasteiger partial charge >= 0.3 is 0 Å². The summed E-state index contributed by atoms with van der Waals surface area (Å²) in [6.07, 6.45) is 6.34. The highest BCUT2D eigenvalue weighted by Crippen LogP contribution is 2.18. The number of rotatable bonds is 5. The van der Waals surface area contributed by atoms with Gasteiger partial charge in [-0.15, -0.1) is 0 Å². The van der Waals surface area contributed by atoms with E-state index in [-0.39, 0.29) is 0 Å². The highest BCUT2D eigenvalue weighted by molar-refractivity contribution is 5.84. The average molecular weight is 227 g/mol. The molecule has 0 saturated carbocycles. The molecule has 0 bridgehead atoms. The normalized spacial score (nSPS) is 10.9. The lowest BCUT2D eigenvalue weighted by Crippen LogP contribution is -1.94. The van der Waals surface area contributed by atoms with Gasteiger partial charge in [0.15, 0.2) is 0 Å². The molecule has 0 aliphatic heterocycles. The van der Waals surface area contributed by atoms with Gasteiger partial charge in [-0.05, 0) is 31.2 Å². The first kappa shape index (κ1) is 12.1. The molecule has 1 heteroatoms. The predicted molar refractivity (Wildman–Crippen MR) is 74.3 cm³/mol. The Hall–Kier alpha value is -1.37. The molecule has 0 N–H and O–H groups in total. The maximum absolute atomic E-state index is 4.70. The van der Waals surface area contributed by atoms with E-state index in [0.717, 1.165) is 12.1 Å². The number of hydrogen-bond donors (Lipinski definition) is 0. The van der Waals surface area contributed by atoms with E-state index in [4.69, 9.17) is 4.98 Å². The van der Waals surface area contributed by atoms with Crippen LogP contribution in [-0.4, -0.2) is 4.98 Å². The molecule has 1 nitrogen and oxygen atoms in total. The quantitative estimate of drug-likeness (QED) is 0.677. The van der Waals surface area contributed by atoms with Gasteiger partial charge in [0.2, 0.25) is 0 Å². The molecule has 0 atom stereocenters. The van der Waals surface area contributed by atoms with Crippen LogP contribution < -0.4 is 0 Å². The van der Waals surface area contributed by atoms with Crippen molar-refractivity contribution in [2.45, 2.75) is 46.0 Å². The SMILES string of the molecule is CCCCCCc1cc2ccccc2c(C)n1. The molecule has 17 heavy (non-hydrogen) atoms. The molecule has 2 rings (SSSR count). The minimum Gasteiger partial charge on any atom is -0.258 e. The monoisotopic (exact) mass is 227 g/mol. The number of pyridine rings is 1. The van der Waals surface area contributed by atoms with Gasteiger partial charge in [0.05, 0.1) is 0 Å². The molecule has 1 aromatic heterocycles. The maximum atomic E-state index is 4.70. The van der Waals surface area contributed by atoms with Crippen molar-refractivity contribution in [1.82, 2.24) is 4.98 Å². The zero-order valence-corrected chi connectivity index (χ0v) is 10.9. The topological polar surface area (TPSA) is 12.9 Å². The molecule has 90 valence electrons. The van der Waals surface area contributed by atoms with Crippen LogP contribution in [0, 0.1) is 6.92 Å². The number of fused-ring (bicyclic) bond motifs is 1. The number of benzene rings is 1. The fourth-order valence-corrected chi connectivity index (χ4v) is 2.30. The molecule has 0 aliphatic rings. The van der Waals surface area contributed by atoms with E-state index >= 15 is 0 Å². The first-order valence-electron chi connectivity index (χ1n) is 6.66. The highest BCUT2D eigenvalue weighted by atomic mass is 14.7. The summed E-state index contributed by atoms with van der Waals surface area (Å²) in [6.45, 7) is 4.36. The Bertz CT molecular complexity index is 488. The molecule has 0 spiro atoms. The van der Waals surface area contributed by atoms with Gasteiger partial charge in [-0.2, -0.15) is 0 Å². The Balaban J connectivity index is 2.13. The zero-order chi connectivity index (χ0) is 12.1. The van der Waals surface area contributed by atoms with Crippen LogP contribution in [0.25, 0.3) is 10.8 Å². The number of unbranched alkanes of at least 4 members (excludes halogenated alkanes) is 3. The molecule has 0 aliphatic carbocycles. The van der Waals surface area contributed by atoms with Crippen LogP contribution in [0.3, 0.4) is 0 Å². The Morgan fingerprint density at radius 3 is 2.71 bits per heavy atom. The van der Waals surface area contributed by atoms with E-state index in [2.05, 4.69) is 44.2 Å². The van der Waals surface area contributed by atoms with Crippen molar-refractivity contribution >= 4 is 10.8 Å². The van der Waals surface area contributed by atoms with Crippen LogP contribution in [0.5, 0.6) is 0 Å². The molecule has 0 fully saturated rings. The van der Waals surface area contributed by atoms with Gasteiger partial charge in [0, 0.05) is 16.8 Å². The number of nitrogens with zero attached hydrogens (tertiary/aromatic N) is 1. The van der Waals surface area contributed by atoms with Crippen LogP contribution in [0.4, 0.5) is 0 Å². The van der Waals surface area contributed by atoms with E-state index in [0.29, 0.717) is 0 Å². The second-order valence-electron chi connectivity index (χ2n) is 4.73. The fourth-order valence-electron chi connectivity index (χ4n) is 2.30. The molecule has 1 heterocycles. The van der Waals surface area contributed by atoms with Crippen molar-refractivity contribution in [3.05, 3.63) is 41.7 Å². The summed E-state index contributed by atoms with van der Waals surface area (Å²) < 4.78 is 0. The number of hydrogen-bond acceptors (Lipinski definition) is 1. The molecule has 1 aromatic carbocycles. The summed E-state index contributed by atoms with van der Waals surface area (Å²) in [5.41, 5.74) is 2.41. The molecular formula is C16H21N. The van der Waals surface area contributed by atoms with E-state index in [1.807, 2.05) is 0 Å². The molecular weight excluding hydrogens is 206 g/mol. The smallest absolute Gasteiger partial charge is 0.0454 e. The third-order valence-corrected chi connectivity index (χ3v) is 3.27. The highest BCUT2D eigenvalue weighted by Gasteiger charge is 2.01. The van der Waals surface area contributed by atoms with Crippen LogP contribution in [0.1, 0.15) is 44.0 Å². The van der Waals surface area contributed by atoms with Gasteiger partial charge in [-0.25, -0.2) is 0 Å². The number of aromatic nitrogens is 1. The third kappa shape index (κ3) is 3.06. The van der Waals surface area contributed by atoms with E-state index < -0.39 is 0 Å². The van der Waals surface area contributed by atoms with Crippen LogP contribution in [0.2, 0.25) is 0 Å². The van der Waals surface area contributed by atoms with Crippen LogP contribution in [-0.2, 0) is 6.42 Å². The molecule has 2 aromatic rings. The lowest BCUT2D eigenvalue weighted by atomic mass is 10.1. The fraction of sp³-hybridized carbons (Fsp3) is 0.438. The minimum atomic E-state index is 1.12. The second kappa shape index (κ2) is 5.81. The van der Waals surface area contributed by atoms with E-state index in [9.17, 15) is 0 Å². The summed E-state index contributed by atoms with van der Waals surface area (Å²) in [5, 5.41) is 2.61. The summed E-state index contributed by atoms with van der Waals surface area (Å²) in [7, 11) is 0. The minimum absolute atomic E-state index is 1.12. The average Bonchev–Trinajstić information content (AvgIpc) is 2.35. The first-order valence-corrected chi connectivity index (χ1v) is 6.66. The largest absolute Gasteiger partial charge is 0.258 e. The Labute approximate surface area is 104 Å². The van der Waals surface area contributed by atoms with Gasteiger partial charge in [0.25, 0.3) is 0 Å². The molecule has 0 radical (unpaired) electrons. The molecule has 0 amide bonds. The van der Waals surface area contributed by atoms with Crippen molar-refractivity contribution in [3.63, 3.8) is 0 Å². The summed E-state index contributed by atoms with van der Waals surface area (Å²) in [5.74, 6) is 0. The Kier molecular flexibility index (Phi) is 4.13. The second-order valence-corrected chi connectivity index (χ2v) is 4.73. The van der Waals surface area contributed by atoms with Gasteiger partial charge in [-0.3, -0.25) is 4.98 Å². The van der Waals surface area contributed by atoms with Crippen LogP contribution >= 0.6 is 0 Å². The Morgan fingerprint density at radius 1 is 1.06 bits per heavy atom. The summed E-state index contributed by atoms with van der Waals surface area (Å²) >= 11 is 0. The van der Waals surface area contributed by atoms with Crippen molar-refractivity contribution < 1.29 is 0 Å². The maximum Gasteiger partial charge on any atom is 0.0454 e. The molecule has 0 unspecified atom stereocenters. The van der Waals surface area contributed by atoms with Gasteiger partial charge < -0.3 is 0 Å². The van der Waals surface area contributed by atoms with Crippen molar-refractivity contribution in [2.24, 2.45) is 0 Å². The number of aryl methyl sites for hydroxylation is 2. The lowest BCUT2D eigenvalue weighted by Gasteiger charge is -2.06. The van der Waals surface area contributed by atoms with Gasteiger partial charge in [-0.1, -0.05) is 50.5 Å². The van der Waals surface area contributed by atoms with Crippen molar-refractivity contribution in [2.75, 3.05) is 0 Å². The Morgan fingerprint density at radius 2 is 1.88 bits per heavy atom. The first-order chi connectivity index (χ1) is 8.31. The van der Waals surface area contributed by atoms with E-state index in [1.165, 1.54) is 42.1 Å². The standard InChI is InChI=1S/C16H21N/c1-3-4-5-6-10-15-12-14-9-7-8-11-16(14)13(2)17-15/h7-9,11-12H,3-6,10H2,1-2H3. The predicted octanol–water partition coefficient (Wildman–Crippen LogP) is 4.67. The van der Waals surface area contributed by atoms with Crippen molar-refractivity contribution in [3.8, 4) is 0 Å². The van der Waals surface area contributed by atoms with Crippen LogP contribution in [0.15, 0.2) is 30.3 Å². The summed E-state index contributed by atoms with van der Waals surface area (Å²) in [4.78, 5) is 4.70. The zero-order valence-electron chi connectivity index (χ0n) is 10.9. The lowest BCUT2D eigenvalue weighted by molar-refractivity contribution is 0.660. The van der Waals surface area contributed by atoms with Crippen molar-refractivity contribution in [1.29, 1.82) is 0 Å². The summed E-state index contributed by atoms with van der Waals surface area (Å²) in [6, 6.07) is 10.8. The van der Waals surface area contributed by atoms with E-state index in [1.54, 1.807) is 0 Å².